The third kappa shape index (κ3) is 4.87. The van der Waals surface area contributed by atoms with Crippen molar-refractivity contribution in [1.29, 1.82) is 0 Å². The summed E-state index contributed by atoms with van der Waals surface area (Å²) in [6.07, 6.45) is 0.188. The lowest BCUT2D eigenvalue weighted by atomic mass is 10.4. The van der Waals surface area contributed by atoms with Crippen molar-refractivity contribution >= 4 is 35.4 Å². The highest BCUT2D eigenvalue weighted by Crippen LogP contribution is 2.07. The van der Waals surface area contributed by atoms with Gasteiger partial charge in [-0.1, -0.05) is 0 Å². The third-order valence-electron chi connectivity index (χ3n) is 1.79. The number of hydrogen-bond acceptors (Lipinski definition) is 5. The quantitative estimate of drug-likeness (QED) is 0.501. The smallest absolute Gasteiger partial charge is 0.353 e. The molecule has 1 aromatic rings. The Morgan fingerprint density at radius 1 is 1.50 bits per heavy atom. The van der Waals surface area contributed by atoms with Crippen molar-refractivity contribution in [3.8, 4) is 0 Å². The van der Waals surface area contributed by atoms with Gasteiger partial charge in [0.15, 0.2) is 5.82 Å². The summed E-state index contributed by atoms with van der Waals surface area (Å²) in [7, 11) is 0. The van der Waals surface area contributed by atoms with E-state index in [4.69, 9.17) is 10.8 Å². The summed E-state index contributed by atoms with van der Waals surface area (Å²) in [6, 6.07) is 1.22. The third-order valence-corrected chi connectivity index (χ3v) is 2.77. The Balaban J connectivity index is 2.31. The molecular weight excluding hydrogens is 260 g/mol. The summed E-state index contributed by atoms with van der Waals surface area (Å²) in [4.78, 5) is 32.4. The fourth-order valence-electron chi connectivity index (χ4n) is 1.04. The lowest BCUT2D eigenvalue weighted by molar-refractivity contribution is -0.116. The van der Waals surface area contributed by atoms with Gasteiger partial charge in [-0.05, 0) is 0 Å². The number of thioether (sulfide) groups is 1. The number of nitrogens with two attached hydrogens (primary N) is 1. The minimum Gasteiger partial charge on any atom is -0.477 e. The number of hydrogen-bond donors (Lipinski definition) is 4. The first-order valence-electron chi connectivity index (χ1n) is 4.93. The Kier molecular flexibility index (Phi) is 5.18. The number of H-pyrrole nitrogens is 1. The first kappa shape index (κ1) is 14.0. The molecule has 0 atom stereocenters. The molecule has 0 saturated heterocycles. The number of primary amides is 1. The van der Waals surface area contributed by atoms with Crippen LogP contribution in [0.1, 0.15) is 16.9 Å². The van der Waals surface area contributed by atoms with E-state index in [0.717, 1.165) is 0 Å². The van der Waals surface area contributed by atoms with Crippen LogP contribution in [0.25, 0.3) is 0 Å². The van der Waals surface area contributed by atoms with Crippen molar-refractivity contribution in [2.24, 2.45) is 5.73 Å². The molecule has 8 nitrogen and oxygen atoms in total. The van der Waals surface area contributed by atoms with E-state index in [2.05, 4.69) is 15.5 Å². The molecular formula is C9H12N4O4S. The van der Waals surface area contributed by atoms with Gasteiger partial charge in [0.05, 0.1) is 5.75 Å². The highest BCUT2D eigenvalue weighted by Gasteiger charge is 2.10. The number of aromatic nitrogens is 2. The molecule has 0 radical (unpaired) electrons. The largest absolute Gasteiger partial charge is 0.477 e. The van der Waals surface area contributed by atoms with Gasteiger partial charge in [-0.3, -0.25) is 14.7 Å². The Morgan fingerprint density at radius 2 is 2.22 bits per heavy atom. The second-order valence-corrected chi connectivity index (χ2v) is 4.39. The number of rotatable bonds is 7. The maximum atomic E-state index is 11.4. The number of amides is 2. The van der Waals surface area contributed by atoms with E-state index in [1.807, 2.05) is 0 Å². The molecule has 0 bridgehead atoms. The molecule has 9 heteroatoms. The molecule has 98 valence electrons. The normalized spacial score (nSPS) is 10.0. The van der Waals surface area contributed by atoms with Gasteiger partial charge in [0.25, 0.3) is 0 Å². The van der Waals surface area contributed by atoms with E-state index in [0.29, 0.717) is 5.75 Å². The molecule has 0 aliphatic carbocycles. The second-order valence-electron chi connectivity index (χ2n) is 3.29. The summed E-state index contributed by atoms with van der Waals surface area (Å²) in [5, 5.41) is 16.9. The number of nitrogens with one attached hydrogen (secondary N) is 2. The lowest BCUT2D eigenvalue weighted by Crippen LogP contribution is -2.15. The van der Waals surface area contributed by atoms with Crippen LogP contribution in [0, 0.1) is 0 Å². The summed E-state index contributed by atoms with van der Waals surface area (Å²) in [5.41, 5.74) is 4.83. The van der Waals surface area contributed by atoms with Crippen LogP contribution in [0.4, 0.5) is 5.82 Å². The molecule has 0 fully saturated rings. The van der Waals surface area contributed by atoms with Crippen LogP contribution in [-0.2, 0) is 9.59 Å². The van der Waals surface area contributed by atoms with E-state index in [1.54, 1.807) is 0 Å². The fraction of sp³-hybridized carbons (Fsp3) is 0.333. The predicted molar refractivity (Wildman–Crippen MR) is 65.3 cm³/mol. The highest BCUT2D eigenvalue weighted by atomic mass is 32.2. The molecule has 0 aliphatic heterocycles. The predicted octanol–water partition coefficient (Wildman–Crippen LogP) is -0.345. The van der Waals surface area contributed by atoms with Gasteiger partial charge < -0.3 is 16.2 Å². The molecule has 18 heavy (non-hydrogen) atoms. The van der Waals surface area contributed by atoms with Gasteiger partial charge >= 0.3 is 5.97 Å². The zero-order valence-electron chi connectivity index (χ0n) is 9.30. The first-order chi connectivity index (χ1) is 8.49. The average molecular weight is 272 g/mol. The molecule has 0 spiro atoms. The van der Waals surface area contributed by atoms with Crippen molar-refractivity contribution < 1.29 is 19.5 Å². The molecule has 0 aromatic carbocycles. The molecule has 0 unspecified atom stereocenters. The lowest BCUT2D eigenvalue weighted by Gasteiger charge is -2.00. The van der Waals surface area contributed by atoms with Crippen molar-refractivity contribution in [2.45, 2.75) is 6.42 Å². The van der Waals surface area contributed by atoms with E-state index < -0.39 is 11.9 Å². The van der Waals surface area contributed by atoms with Gasteiger partial charge in [-0.15, -0.1) is 0 Å². The van der Waals surface area contributed by atoms with Gasteiger partial charge in [0.1, 0.15) is 5.69 Å². The van der Waals surface area contributed by atoms with Crippen molar-refractivity contribution in [3.63, 3.8) is 0 Å². The SMILES string of the molecule is NC(=O)CSCCC(=O)Nc1cc(C(=O)O)[nH]n1. The minimum absolute atomic E-state index is 0.103. The number of aromatic amines is 1. The van der Waals surface area contributed by atoms with E-state index in [-0.39, 0.29) is 29.6 Å². The topological polar surface area (TPSA) is 138 Å². The van der Waals surface area contributed by atoms with Crippen LogP contribution >= 0.6 is 11.8 Å². The van der Waals surface area contributed by atoms with E-state index in [1.165, 1.54) is 17.8 Å². The Hall–Kier alpha value is -2.03. The molecule has 0 saturated carbocycles. The number of aromatic carboxylic acids is 1. The minimum atomic E-state index is -1.15. The van der Waals surface area contributed by atoms with E-state index in [9.17, 15) is 14.4 Å². The van der Waals surface area contributed by atoms with Crippen molar-refractivity contribution in [3.05, 3.63) is 11.8 Å². The number of carboxylic acid groups (broad SMARTS) is 1. The molecule has 1 rings (SSSR count). The summed E-state index contributed by atoms with van der Waals surface area (Å²) >= 11 is 1.25. The second kappa shape index (κ2) is 6.64. The Morgan fingerprint density at radius 3 is 2.78 bits per heavy atom. The number of nitrogens with zero attached hydrogens (tertiary/aromatic N) is 1. The molecule has 5 N–H and O–H groups in total. The first-order valence-corrected chi connectivity index (χ1v) is 6.09. The van der Waals surface area contributed by atoms with Crippen LogP contribution in [-0.4, -0.2) is 44.6 Å². The number of carbonyl (C=O) groups excluding carboxylic acids is 2. The number of carbonyl (C=O) groups is 3. The standard InChI is InChI=1S/C9H12N4O4S/c10-6(14)4-18-2-1-8(15)11-7-3-5(9(16)17)12-13-7/h3H,1-2,4H2,(H2,10,14)(H,16,17)(H2,11,12,13,15). The molecule has 0 aliphatic rings. The summed E-state index contributed by atoms with van der Waals surface area (Å²) in [6.45, 7) is 0. The van der Waals surface area contributed by atoms with Crippen LogP contribution in [0.2, 0.25) is 0 Å². The Labute approximate surface area is 106 Å². The molecule has 2 amide bonds. The zero-order valence-corrected chi connectivity index (χ0v) is 10.1. The average Bonchev–Trinajstić information content (AvgIpc) is 2.72. The van der Waals surface area contributed by atoms with Gasteiger partial charge in [0, 0.05) is 18.2 Å². The van der Waals surface area contributed by atoms with Gasteiger partial charge in [0.2, 0.25) is 11.8 Å². The number of carboxylic acids is 1. The maximum Gasteiger partial charge on any atom is 0.353 e. The van der Waals surface area contributed by atoms with Crippen LogP contribution in [0.15, 0.2) is 6.07 Å². The monoisotopic (exact) mass is 272 g/mol. The number of anilines is 1. The van der Waals surface area contributed by atoms with Crippen molar-refractivity contribution in [2.75, 3.05) is 16.8 Å². The molecule has 1 aromatic heterocycles. The zero-order chi connectivity index (χ0) is 13.5. The van der Waals surface area contributed by atoms with E-state index >= 15 is 0 Å². The van der Waals surface area contributed by atoms with Crippen LogP contribution in [0.5, 0.6) is 0 Å². The van der Waals surface area contributed by atoms with Crippen LogP contribution < -0.4 is 11.1 Å². The summed E-state index contributed by atoms with van der Waals surface area (Å²) in [5.74, 6) is -1.13. The maximum absolute atomic E-state index is 11.4. The Bertz CT molecular complexity index is 459. The van der Waals surface area contributed by atoms with Crippen molar-refractivity contribution in [1.82, 2.24) is 10.2 Å². The van der Waals surface area contributed by atoms with Crippen LogP contribution in [0.3, 0.4) is 0 Å². The summed E-state index contributed by atoms with van der Waals surface area (Å²) < 4.78 is 0. The van der Waals surface area contributed by atoms with Gasteiger partial charge in [-0.2, -0.15) is 16.9 Å². The highest BCUT2D eigenvalue weighted by molar-refractivity contribution is 7.99. The molecule has 1 heterocycles. The van der Waals surface area contributed by atoms with Gasteiger partial charge in [-0.25, -0.2) is 4.79 Å². The fourth-order valence-corrected chi connectivity index (χ4v) is 1.71.